The van der Waals surface area contributed by atoms with E-state index in [1.165, 1.54) is 18.5 Å². The summed E-state index contributed by atoms with van der Waals surface area (Å²) in [7, 11) is 0. The second-order valence-corrected chi connectivity index (χ2v) is 11.0. The van der Waals surface area contributed by atoms with Crippen molar-refractivity contribution in [3.8, 4) is 17.0 Å². The summed E-state index contributed by atoms with van der Waals surface area (Å²) in [5.74, 6) is 0.624. The first kappa shape index (κ1) is 25.3. The molecule has 11 heteroatoms. The minimum atomic E-state index is -0.360. The molecule has 6 rings (SSSR count). The van der Waals surface area contributed by atoms with E-state index in [-0.39, 0.29) is 17.8 Å². The molecule has 2 aliphatic rings. The van der Waals surface area contributed by atoms with E-state index >= 15 is 4.39 Å². The lowest BCUT2D eigenvalue weighted by Crippen LogP contribution is -2.60. The second-order valence-electron chi connectivity index (χ2n) is 10.2. The molecule has 38 heavy (non-hydrogen) atoms. The van der Waals surface area contributed by atoms with Crippen LogP contribution in [0.1, 0.15) is 12.5 Å². The van der Waals surface area contributed by atoms with Gasteiger partial charge in [0.2, 0.25) is 0 Å². The molecule has 198 valence electrons. The molecule has 2 fully saturated rings. The van der Waals surface area contributed by atoms with Gasteiger partial charge >= 0.3 is 0 Å². The number of nitrogens with zero attached hydrogens (tertiary/aromatic N) is 5. The Labute approximate surface area is 229 Å². The number of rotatable bonds is 7. The van der Waals surface area contributed by atoms with Crippen molar-refractivity contribution in [2.75, 3.05) is 50.8 Å². The molecule has 0 atom stereocenters. The maximum atomic E-state index is 15.3. The number of aromatic amines is 1. The molecule has 2 aliphatic heterocycles. The highest BCUT2D eigenvalue weighted by molar-refractivity contribution is 6.35. The van der Waals surface area contributed by atoms with Crippen molar-refractivity contribution in [3.63, 3.8) is 0 Å². The van der Waals surface area contributed by atoms with Gasteiger partial charge in [-0.15, -0.1) is 0 Å². The Kier molecular flexibility index (Phi) is 6.86. The van der Waals surface area contributed by atoms with Crippen molar-refractivity contribution >= 4 is 39.9 Å². The van der Waals surface area contributed by atoms with Crippen LogP contribution in [0.3, 0.4) is 0 Å². The Bertz CT molecular complexity index is 1450. The van der Waals surface area contributed by atoms with Crippen LogP contribution < -0.4 is 9.64 Å². The molecule has 4 aromatic rings. The molecular formula is C27H27Cl2FN6O2. The molecule has 3 aromatic heterocycles. The van der Waals surface area contributed by atoms with E-state index in [9.17, 15) is 0 Å². The quantitative estimate of drug-likeness (QED) is 0.335. The van der Waals surface area contributed by atoms with Gasteiger partial charge in [0.15, 0.2) is 11.6 Å². The zero-order valence-electron chi connectivity index (χ0n) is 20.9. The lowest BCUT2D eigenvalue weighted by molar-refractivity contribution is 0.0132. The van der Waals surface area contributed by atoms with Gasteiger partial charge in [-0.25, -0.2) is 9.37 Å². The second kappa shape index (κ2) is 10.3. The van der Waals surface area contributed by atoms with Gasteiger partial charge in [-0.05, 0) is 24.3 Å². The van der Waals surface area contributed by atoms with E-state index in [1.54, 1.807) is 6.20 Å². The number of nitrogens with one attached hydrogen (secondary N) is 1. The molecule has 0 radical (unpaired) electrons. The third kappa shape index (κ3) is 5.03. The fourth-order valence-electron chi connectivity index (χ4n) is 5.25. The van der Waals surface area contributed by atoms with Gasteiger partial charge in [-0.1, -0.05) is 30.1 Å². The van der Waals surface area contributed by atoms with E-state index in [0.29, 0.717) is 38.4 Å². The van der Waals surface area contributed by atoms with Gasteiger partial charge in [0, 0.05) is 73.2 Å². The number of halogens is 3. The van der Waals surface area contributed by atoms with E-state index < -0.39 is 0 Å². The largest absolute Gasteiger partial charge is 0.489 e. The third-order valence-corrected chi connectivity index (χ3v) is 7.77. The zero-order valence-corrected chi connectivity index (χ0v) is 22.4. The number of aromatic nitrogens is 4. The molecular weight excluding hydrogens is 530 g/mol. The molecule has 0 amide bonds. The highest BCUT2D eigenvalue weighted by atomic mass is 35.5. The maximum absolute atomic E-state index is 15.3. The van der Waals surface area contributed by atoms with Crippen molar-refractivity contribution in [1.82, 2.24) is 25.1 Å². The molecule has 0 unspecified atom stereocenters. The number of H-pyrrole nitrogens is 1. The standard InChI is InChI=1S/C27H27Cl2FN6O2/c1-27(14-35-4-6-37-7-5-35)15-36(16-27)26-23(30)8-17(10-32-26)25-19-9-18(2-3-24(19)33-34-25)38-13-20-21(28)11-31-12-22(20)29/h2-3,8-12H,4-7,13-16H2,1H3,(H,33,34). The summed E-state index contributed by atoms with van der Waals surface area (Å²) < 4.78 is 26.7. The van der Waals surface area contributed by atoms with Crippen molar-refractivity contribution < 1.29 is 13.9 Å². The van der Waals surface area contributed by atoms with Crippen LogP contribution in [0.5, 0.6) is 5.75 Å². The molecule has 5 heterocycles. The number of benzene rings is 1. The molecule has 2 saturated heterocycles. The summed E-state index contributed by atoms with van der Waals surface area (Å²) in [6.07, 6.45) is 4.73. The first-order valence-electron chi connectivity index (χ1n) is 12.5. The zero-order chi connectivity index (χ0) is 26.3. The molecule has 0 saturated carbocycles. The first-order chi connectivity index (χ1) is 18.4. The fraction of sp³-hybridized carbons (Fsp3) is 0.370. The van der Waals surface area contributed by atoms with Crippen LogP contribution in [-0.4, -0.2) is 71.0 Å². The van der Waals surface area contributed by atoms with Gasteiger partial charge in [0.25, 0.3) is 0 Å². The average molecular weight is 557 g/mol. The highest BCUT2D eigenvalue weighted by Crippen LogP contribution is 2.37. The number of fused-ring (bicyclic) bond motifs is 1. The number of hydrogen-bond donors (Lipinski definition) is 1. The van der Waals surface area contributed by atoms with Crippen LogP contribution >= 0.6 is 23.2 Å². The van der Waals surface area contributed by atoms with E-state index in [4.69, 9.17) is 32.7 Å². The Hall–Kier alpha value is -2.98. The summed E-state index contributed by atoms with van der Waals surface area (Å²) in [6, 6.07) is 7.05. The Morgan fingerprint density at radius 1 is 1.11 bits per heavy atom. The minimum absolute atomic E-state index is 0.115. The van der Waals surface area contributed by atoms with E-state index in [0.717, 1.165) is 56.8 Å². The molecule has 0 aliphatic carbocycles. The van der Waals surface area contributed by atoms with Crippen LogP contribution in [0.4, 0.5) is 10.2 Å². The van der Waals surface area contributed by atoms with Gasteiger partial charge in [0.05, 0.1) is 28.8 Å². The minimum Gasteiger partial charge on any atom is -0.489 e. The van der Waals surface area contributed by atoms with Gasteiger partial charge < -0.3 is 14.4 Å². The number of pyridine rings is 2. The number of hydrogen-bond acceptors (Lipinski definition) is 7. The predicted molar refractivity (Wildman–Crippen MR) is 145 cm³/mol. The Morgan fingerprint density at radius 2 is 1.87 bits per heavy atom. The lowest BCUT2D eigenvalue weighted by atomic mass is 9.81. The normalized spacial score (nSPS) is 17.5. The third-order valence-electron chi connectivity index (χ3n) is 7.12. The van der Waals surface area contributed by atoms with Crippen molar-refractivity contribution in [1.29, 1.82) is 0 Å². The van der Waals surface area contributed by atoms with Crippen molar-refractivity contribution in [2.45, 2.75) is 13.5 Å². The molecule has 1 N–H and O–H groups in total. The topological polar surface area (TPSA) is 79.4 Å². The summed E-state index contributed by atoms with van der Waals surface area (Å²) in [4.78, 5) is 12.9. The summed E-state index contributed by atoms with van der Waals surface area (Å²) in [5.41, 5.74) is 2.77. The molecule has 0 bridgehead atoms. The highest BCUT2D eigenvalue weighted by Gasteiger charge is 2.41. The van der Waals surface area contributed by atoms with Gasteiger partial charge in [-0.2, -0.15) is 5.10 Å². The predicted octanol–water partition coefficient (Wildman–Crippen LogP) is 5.20. The maximum Gasteiger partial charge on any atom is 0.166 e. The molecule has 1 aromatic carbocycles. The van der Waals surface area contributed by atoms with Crippen molar-refractivity contribution in [2.24, 2.45) is 5.41 Å². The number of morpholine rings is 1. The Balaban J connectivity index is 1.17. The summed E-state index contributed by atoms with van der Waals surface area (Å²) >= 11 is 12.4. The smallest absolute Gasteiger partial charge is 0.166 e. The number of ether oxygens (including phenoxy) is 2. The average Bonchev–Trinajstić information content (AvgIpc) is 3.31. The number of anilines is 1. The van der Waals surface area contributed by atoms with E-state index in [2.05, 4.69) is 32.0 Å². The monoisotopic (exact) mass is 556 g/mol. The van der Waals surface area contributed by atoms with Crippen LogP contribution in [-0.2, 0) is 11.3 Å². The van der Waals surface area contributed by atoms with Gasteiger partial charge in [0.1, 0.15) is 18.1 Å². The molecule has 0 spiro atoms. The first-order valence-corrected chi connectivity index (χ1v) is 13.2. The van der Waals surface area contributed by atoms with Crippen LogP contribution in [0, 0.1) is 11.2 Å². The van der Waals surface area contributed by atoms with Crippen molar-refractivity contribution in [3.05, 3.63) is 64.3 Å². The van der Waals surface area contributed by atoms with E-state index in [1.807, 2.05) is 23.1 Å². The molecule has 8 nitrogen and oxygen atoms in total. The Morgan fingerprint density at radius 3 is 2.61 bits per heavy atom. The SMILES string of the molecule is CC1(CN2CCOCC2)CN(c2ncc(-c3n[nH]c4ccc(OCc5c(Cl)cncc5Cl)cc34)cc2F)C1. The summed E-state index contributed by atoms with van der Waals surface area (Å²) in [6.45, 7) is 8.41. The van der Waals surface area contributed by atoms with Crippen LogP contribution in [0.25, 0.3) is 22.2 Å². The fourth-order valence-corrected chi connectivity index (χ4v) is 5.73. The van der Waals surface area contributed by atoms with Crippen LogP contribution in [0.2, 0.25) is 10.0 Å². The lowest BCUT2D eigenvalue weighted by Gasteiger charge is -2.51. The van der Waals surface area contributed by atoms with Crippen LogP contribution in [0.15, 0.2) is 42.9 Å². The summed E-state index contributed by atoms with van der Waals surface area (Å²) in [5, 5.41) is 9.10. The van der Waals surface area contributed by atoms with Gasteiger partial charge in [-0.3, -0.25) is 15.0 Å².